The van der Waals surface area contributed by atoms with Crippen LogP contribution >= 0.6 is 0 Å². The molecule has 0 bridgehead atoms. The first kappa shape index (κ1) is 17.9. The molecule has 1 atom stereocenters. The molecule has 110 valence electrons. The van der Waals surface area contributed by atoms with E-state index in [0.717, 1.165) is 25.7 Å². The summed E-state index contributed by atoms with van der Waals surface area (Å²) in [4.78, 5) is 11.0. The number of carbonyl (C=O) groups is 1. The van der Waals surface area contributed by atoms with Crippen molar-refractivity contribution >= 4 is 5.97 Å². The summed E-state index contributed by atoms with van der Waals surface area (Å²) in [5.74, 6) is 5.51. The van der Waals surface area contributed by atoms with Gasteiger partial charge in [-0.25, -0.2) is 0 Å². The molecule has 0 aromatic rings. The highest BCUT2D eigenvalue weighted by Crippen LogP contribution is 2.07. The van der Waals surface area contributed by atoms with Gasteiger partial charge in [-0.15, -0.1) is 0 Å². The quantitative estimate of drug-likeness (QED) is 0.280. The number of carbonyl (C=O) groups excluding carboxylic acids is 1. The Kier molecular flexibility index (Phi) is 11.3. The second-order valence-electron chi connectivity index (χ2n) is 4.13. The molecule has 4 heteroatoms. The zero-order valence-corrected chi connectivity index (χ0v) is 12.5. The maximum atomic E-state index is 11.0. The topological polar surface area (TPSA) is 44.8 Å². The highest BCUT2D eigenvalue weighted by atomic mass is 16.7. The monoisotopic (exact) mass is 270 g/mol. The van der Waals surface area contributed by atoms with E-state index in [1.54, 1.807) is 0 Å². The Balaban J connectivity index is 4.44. The molecule has 0 radical (unpaired) electrons. The van der Waals surface area contributed by atoms with Crippen LogP contribution in [0.25, 0.3) is 0 Å². The number of rotatable bonds is 9. The third kappa shape index (κ3) is 10.5. The predicted octanol–water partition coefficient (Wildman–Crippen LogP) is 2.90. The van der Waals surface area contributed by atoms with Gasteiger partial charge in [-0.1, -0.05) is 25.7 Å². The van der Waals surface area contributed by atoms with E-state index >= 15 is 0 Å². The lowest BCUT2D eigenvalue weighted by Gasteiger charge is -2.13. The largest absolute Gasteiger partial charge is 0.449 e. The van der Waals surface area contributed by atoms with Crippen molar-refractivity contribution in [1.29, 1.82) is 0 Å². The molecule has 0 aliphatic heterocycles. The molecule has 0 N–H and O–H groups in total. The van der Waals surface area contributed by atoms with Gasteiger partial charge >= 0.3 is 5.97 Å². The predicted molar refractivity (Wildman–Crippen MR) is 74.5 cm³/mol. The van der Waals surface area contributed by atoms with Crippen molar-refractivity contribution in [3.05, 3.63) is 0 Å². The summed E-state index contributed by atoms with van der Waals surface area (Å²) in [7, 11) is 0. The van der Waals surface area contributed by atoms with Gasteiger partial charge in [-0.05, 0) is 32.6 Å². The molecule has 0 aliphatic rings. The average molecular weight is 270 g/mol. The smallest absolute Gasteiger partial charge is 0.303 e. The van der Waals surface area contributed by atoms with Gasteiger partial charge in [0.15, 0.2) is 6.10 Å². The molecule has 0 amide bonds. The van der Waals surface area contributed by atoms with Crippen LogP contribution in [-0.2, 0) is 19.0 Å². The first-order chi connectivity index (χ1) is 9.13. The van der Waals surface area contributed by atoms with Crippen LogP contribution in [0.15, 0.2) is 0 Å². The first-order valence-corrected chi connectivity index (χ1v) is 7.05. The molecular weight excluding hydrogens is 244 g/mol. The first-order valence-electron chi connectivity index (χ1n) is 7.05. The number of unbranched alkanes of at least 4 members (excludes halogenated alkanes) is 2. The van der Waals surface area contributed by atoms with Gasteiger partial charge in [0.25, 0.3) is 0 Å². The minimum Gasteiger partial charge on any atom is -0.449 e. The maximum absolute atomic E-state index is 11.0. The molecule has 0 spiro atoms. The lowest BCUT2D eigenvalue weighted by molar-refractivity contribution is -0.144. The van der Waals surface area contributed by atoms with Crippen molar-refractivity contribution < 1.29 is 19.0 Å². The molecule has 0 aromatic heterocycles. The van der Waals surface area contributed by atoms with Gasteiger partial charge in [0.1, 0.15) is 0 Å². The second kappa shape index (κ2) is 12.0. The van der Waals surface area contributed by atoms with E-state index in [1.807, 2.05) is 13.8 Å². The van der Waals surface area contributed by atoms with E-state index in [-0.39, 0.29) is 12.1 Å². The van der Waals surface area contributed by atoms with E-state index in [4.69, 9.17) is 14.2 Å². The number of esters is 1. The summed E-state index contributed by atoms with van der Waals surface area (Å²) in [6, 6.07) is 0. The molecule has 0 saturated carbocycles. The Bertz CT molecular complexity index is 284. The van der Waals surface area contributed by atoms with Crippen molar-refractivity contribution in [2.75, 3.05) is 13.2 Å². The zero-order valence-electron chi connectivity index (χ0n) is 12.5. The third-order valence-electron chi connectivity index (χ3n) is 2.38. The SMILES string of the molecule is CCCCC[C@H](C#CC(OCC)OCC)OC(C)=O. The van der Waals surface area contributed by atoms with Crippen molar-refractivity contribution in [3.8, 4) is 11.8 Å². The average Bonchev–Trinajstić information content (AvgIpc) is 2.35. The fourth-order valence-corrected chi connectivity index (χ4v) is 1.54. The molecule has 0 rings (SSSR count). The van der Waals surface area contributed by atoms with E-state index < -0.39 is 6.29 Å². The van der Waals surface area contributed by atoms with Crippen LogP contribution in [0.2, 0.25) is 0 Å². The summed E-state index contributed by atoms with van der Waals surface area (Å²) in [6.07, 6.45) is 3.08. The van der Waals surface area contributed by atoms with Crippen LogP contribution in [0.3, 0.4) is 0 Å². The fourth-order valence-electron chi connectivity index (χ4n) is 1.54. The summed E-state index contributed by atoms with van der Waals surface area (Å²) in [5, 5.41) is 0. The maximum Gasteiger partial charge on any atom is 0.303 e. The Hall–Kier alpha value is -1.05. The normalized spacial score (nSPS) is 11.8. The van der Waals surface area contributed by atoms with Gasteiger partial charge in [0, 0.05) is 20.1 Å². The number of hydrogen-bond donors (Lipinski definition) is 0. The van der Waals surface area contributed by atoms with E-state index in [2.05, 4.69) is 18.8 Å². The molecule has 0 heterocycles. The summed E-state index contributed by atoms with van der Waals surface area (Å²) < 4.78 is 15.8. The minimum atomic E-state index is -0.542. The Morgan fingerprint density at radius 1 is 1.05 bits per heavy atom. The van der Waals surface area contributed by atoms with Crippen molar-refractivity contribution in [2.24, 2.45) is 0 Å². The van der Waals surface area contributed by atoms with Crippen LogP contribution in [0, 0.1) is 11.8 Å². The lowest BCUT2D eigenvalue weighted by Crippen LogP contribution is -2.18. The third-order valence-corrected chi connectivity index (χ3v) is 2.38. The molecule has 0 aromatic carbocycles. The summed E-state index contributed by atoms with van der Waals surface area (Å²) in [6.45, 7) is 8.38. The van der Waals surface area contributed by atoms with Crippen LogP contribution in [0.1, 0.15) is 53.4 Å². The van der Waals surface area contributed by atoms with Gasteiger partial charge in [-0.2, -0.15) is 0 Å². The van der Waals surface area contributed by atoms with Crippen molar-refractivity contribution in [1.82, 2.24) is 0 Å². The minimum absolute atomic E-state index is 0.305. The van der Waals surface area contributed by atoms with E-state index in [9.17, 15) is 4.79 Å². The van der Waals surface area contributed by atoms with Crippen LogP contribution in [0.4, 0.5) is 0 Å². The molecule has 0 aliphatic carbocycles. The Morgan fingerprint density at radius 2 is 1.68 bits per heavy atom. The second-order valence-corrected chi connectivity index (χ2v) is 4.13. The van der Waals surface area contributed by atoms with Crippen LogP contribution in [0.5, 0.6) is 0 Å². The highest BCUT2D eigenvalue weighted by molar-refractivity contribution is 5.66. The summed E-state index contributed by atoms with van der Waals surface area (Å²) in [5.41, 5.74) is 0. The highest BCUT2D eigenvalue weighted by Gasteiger charge is 2.09. The van der Waals surface area contributed by atoms with Crippen LogP contribution < -0.4 is 0 Å². The van der Waals surface area contributed by atoms with E-state index in [0.29, 0.717) is 13.2 Å². The molecule has 0 unspecified atom stereocenters. The molecule has 0 fully saturated rings. The van der Waals surface area contributed by atoms with Crippen molar-refractivity contribution in [2.45, 2.75) is 65.8 Å². The molecule has 19 heavy (non-hydrogen) atoms. The van der Waals surface area contributed by atoms with Gasteiger partial charge in [-0.3, -0.25) is 4.79 Å². The van der Waals surface area contributed by atoms with Gasteiger partial charge in [0.2, 0.25) is 6.29 Å². The number of hydrogen-bond acceptors (Lipinski definition) is 4. The Morgan fingerprint density at radius 3 is 2.16 bits per heavy atom. The Labute approximate surface area is 116 Å². The fraction of sp³-hybridized carbons (Fsp3) is 0.800. The van der Waals surface area contributed by atoms with E-state index in [1.165, 1.54) is 6.92 Å². The lowest BCUT2D eigenvalue weighted by atomic mass is 10.1. The standard InChI is InChI=1S/C15H26O4/c1-5-8-9-10-14(19-13(4)16)11-12-15(17-6-2)18-7-3/h14-15H,5-10H2,1-4H3/t14-/m1/s1. The molecule has 4 nitrogen and oxygen atoms in total. The van der Waals surface area contributed by atoms with Gasteiger partial charge < -0.3 is 14.2 Å². The number of ether oxygens (including phenoxy) is 3. The summed E-state index contributed by atoms with van der Waals surface area (Å²) >= 11 is 0. The molecule has 0 saturated heterocycles. The van der Waals surface area contributed by atoms with Crippen LogP contribution in [-0.4, -0.2) is 31.6 Å². The molecular formula is C15H26O4. The van der Waals surface area contributed by atoms with Gasteiger partial charge in [0.05, 0.1) is 0 Å². The zero-order chi connectivity index (χ0) is 14.5. The van der Waals surface area contributed by atoms with Crippen molar-refractivity contribution in [3.63, 3.8) is 0 Å².